The Bertz CT molecular complexity index is 1030. The third-order valence-electron chi connectivity index (χ3n) is 4.97. The minimum absolute atomic E-state index is 0.193. The van der Waals surface area contributed by atoms with E-state index in [1.54, 1.807) is 29.9 Å². The number of aliphatic hydroxyl groups is 1. The monoisotopic (exact) mass is 401 g/mol. The topological polar surface area (TPSA) is 139 Å². The third-order valence-corrected chi connectivity index (χ3v) is 4.97. The van der Waals surface area contributed by atoms with Gasteiger partial charge in [-0.3, -0.25) is 15.0 Å². The predicted molar refractivity (Wildman–Crippen MR) is 106 cm³/mol. The molecule has 2 atom stereocenters. The van der Waals surface area contributed by atoms with Gasteiger partial charge in [0.25, 0.3) is 0 Å². The third kappa shape index (κ3) is 3.73. The van der Waals surface area contributed by atoms with Crippen LogP contribution in [-0.2, 0) is 26.1 Å². The fourth-order valence-corrected chi connectivity index (χ4v) is 3.23. The van der Waals surface area contributed by atoms with Crippen LogP contribution < -0.4 is 10.6 Å². The number of nitrogens with one attached hydrogen (secondary N) is 3. The van der Waals surface area contributed by atoms with Gasteiger partial charge in [0, 0.05) is 19.5 Å². The van der Waals surface area contributed by atoms with Crippen molar-refractivity contribution in [3.63, 3.8) is 0 Å². The fourth-order valence-electron chi connectivity index (χ4n) is 3.23. The number of hydrogen-bond acceptors (Lipinski definition) is 8. The van der Waals surface area contributed by atoms with E-state index in [0.29, 0.717) is 17.9 Å². The van der Waals surface area contributed by atoms with E-state index in [2.05, 4.69) is 20.4 Å². The van der Waals surface area contributed by atoms with E-state index in [0.717, 1.165) is 10.9 Å². The molecule has 154 valence electrons. The van der Waals surface area contributed by atoms with Crippen LogP contribution in [0.2, 0.25) is 0 Å². The largest absolute Gasteiger partial charge is 0.494 e. The molecule has 1 saturated carbocycles. The average Bonchev–Trinajstić information content (AvgIpc) is 3.47. The molecule has 10 heteroatoms. The highest BCUT2D eigenvalue weighted by molar-refractivity contribution is 6.19. The van der Waals surface area contributed by atoms with Gasteiger partial charge in [-0.15, -0.1) is 0 Å². The van der Waals surface area contributed by atoms with Gasteiger partial charge in [0.15, 0.2) is 5.88 Å². The summed E-state index contributed by atoms with van der Waals surface area (Å²) >= 11 is 0. The van der Waals surface area contributed by atoms with Crippen molar-refractivity contribution < 1.29 is 24.2 Å². The number of aromatic nitrogens is 2. The second kappa shape index (κ2) is 7.82. The first kappa shape index (κ1) is 20.2. The van der Waals surface area contributed by atoms with Gasteiger partial charge in [-0.1, -0.05) is 0 Å². The zero-order chi connectivity index (χ0) is 21.3. The van der Waals surface area contributed by atoms with Crippen LogP contribution >= 0.6 is 0 Å². The molecule has 1 aliphatic rings. The molecule has 2 aromatic heterocycles. The second-order valence-electron chi connectivity index (χ2n) is 6.68. The van der Waals surface area contributed by atoms with E-state index in [9.17, 15) is 14.7 Å². The van der Waals surface area contributed by atoms with Gasteiger partial charge in [0.05, 0.1) is 43.5 Å². The van der Waals surface area contributed by atoms with Crippen molar-refractivity contribution in [1.29, 1.82) is 5.41 Å². The molecule has 0 aromatic carbocycles. The summed E-state index contributed by atoms with van der Waals surface area (Å²) in [6, 6.07) is 3.45. The first-order valence-corrected chi connectivity index (χ1v) is 8.90. The molecule has 29 heavy (non-hydrogen) atoms. The van der Waals surface area contributed by atoms with Crippen molar-refractivity contribution in [1.82, 2.24) is 14.9 Å². The number of amides is 1. The molecule has 1 amide bonds. The van der Waals surface area contributed by atoms with Crippen molar-refractivity contribution in [2.24, 2.45) is 18.9 Å². The molecular formula is C19H23N5O5. The molecule has 0 spiro atoms. The molecule has 3 rings (SSSR count). The van der Waals surface area contributed by atoms with Gasteiger partial charge in [0.1, 0.15) is 11.4 Å². The van der Waals surface area contributed by atoms with Crippen LogP contribution in [0.3, 0.4) is 0 Å². The average molecular weight is 401 g/mol. The number of carbonyl (C=O) groups is 2. The Labute approximate surface area is 167 Å². The van der Waals surface area contributed by atoms with Gasteiger partial charge in [-0.2, -0.15) is 0 Å². The number of carbonyl (C=O) groups excluding carboxylic acids is 2. The van der Waals surface area contributed by atoms with Crippen molar-refractivity contribution in [2.45, 2.75) is 6.42 Å². The van der Waals surface area contributed by atoms with Crippen LogP contribution in [0.1, 0.15) is 12.1 Å². The van der Waals surface area contributed by atoms with Crippen LogP contribution in [0.15, 0.2) is 24.2 Å². The summed E-state index contributed by atoms with van der Waals surface area (Å²) in [5.41, 5.74) is 1.47. The number of aliphatic hydroxyl groups excluding tert-OH is 1. The molecule has 1 fully saturated rings. The van der Waals surface area contributed by atoms with Gasteiger partial charge in [-0.25, -0.2) is 4.98 Å². The first-order chi connectivity index (χ1) is 13.8. The standard InChI is InChI=1S/C19H23N5O5/c1-21-18(26)15(16(20)28-3)12-5-9-6-14(22-8-13(9)24(12)2)23-17(25)10-7-11(10)19(27)29-4/h5-6,8,10-11,20-21,26H,7H2,1-4H3,(H,22,23,25)/b18-15+,20-16?/t10?,11-/m0/s1. The Balaban J connectivity index is 1.89. The number of rotatable bonds is 6. The lowest BCUT2D eigenvalue weighted by Crippen LogP contribution is -2.18. The summed E-state index contributed by atoms with van der Waals surface area (Å²) < 4.78 is 11.4. The Morgan fingerprint density at radius 3 is 2.62 bits per heavy atom. The molecule has 0 bridgehead atoms. The molecule has 10 nitrogen and oxygen atoms in total. The van der Waals surface area contributed by atoms with Crippen LogP contribution in [-0.4, -0.2) is 53.7 Å². The fraction of sp³-hybridized carbons (Fsp3) is 0.368. The summed E-state index contributed by atoms with van der Waals surface area (Å²) in [5.74, 6) is -1.53. The number of methoxy groups -OCH3 is 2. The maximum Gasteiger partial charge on any atom is 0.309 e. The molecule has 0 saturated heterocycles. The maximum atomic E-state index is 12.3. The van der Waals surface area contributed by atoms with E-state index >= 15 is 0 Å². The number of esters is 1. The normalized spacial score (nSPS) is 18.6. The summed E-state index contributed by atoms with van der Waals surface area (Å²) in [4.78, 5) is 28.1. The molecule has 2 heterocycles. The van der Waals surface area contributed by atoms with Crippen LogP contribution in [0.5, 0.6) is 0 Å². The Morgan fingerprint density at radius 1 is 1.28 bits per heavy atom. The molecule has 4 N–H and O–H groups in total. The molecule has 2 aromatic rings. The molecule has 0 aliphatic heterocycles. The van der Waals surface area contributed by atoms with Crippen molar-refractivity contribution in [3.8, 4) is 0 Å². The molecule has 1 unspecified atom stereocenters. The Morgan fingerprint density at radius 2 is 2.00 bits per heavy atom. The minimum atomic E-state index is -0.407. The molecule has 1 aliphatic carbocycles. The summed E-state index contributed by atoms with van der Waals surface area (Å²) in [5, 5.41) is 24.3. The molecular weight excluding hydrogens is 378 g/mol. The zero-order valence-electron chi connectivity index (χ0n) is 16.6. The number of fused-ring (bicyclic) bond motifs is 1. The number of hydrogen-bond donors (Lipinski definition) is 4. The predicted octanol–water partition coefficient (Wildman–Crippen LogP) is 1.39. The van der Waals surface area contributed by atoms with Crippen molar-refractivity contribution in [2.75, 3.05) is 26.6 Å². The highest BCUT2D eigenvalue weighted by atomic mass is 16.5. The maximum absolute atomic E-state index is 12.3. The van der Waals surface area contributed by atoms with Gasteiger partial charge >= 0.3 is 5.97 Å². The van der Waals surface area contributed by atoms with Crippen LogP contribution in [0.4, 0.5) is 5.82 Å². The van der Waals surface area contributed by atoms with Crippen molar-refractivity contribution in [3.05, 3.63) is 29.9 Å². The van der Waals surface area contributed by atoms with E-state index in [1.165, 1.54) is 21.3 Å². The summed E-state index contributed by atoms with van der Waals surface area (Å²) in [6.07, 6.45) is 2.05. The number of anilines is 1. The Hall–Kier alpha value is -3.56. The van der Waals surface area contributed by atoms with E-state index in [4.69, 9.17) is 10.1 Å². The number of nitrogens with zero attached hydrogens (tertiary/aromatic N) is 2. The van der Waals surface area contributed by atoms with E-state index in [1.807, 2.05) is 0 Å². The second-order valence-corrected chi connectivity index (χ2v) is 6.68. The lowest BCUT2D eigenvalue weighted by Gasteiger charge is -2.12. The van der Waals surface area contributed by atoms with Gasteiger partial charge < -0.3 is 29.8 Å². The lowest BCUT2D eigenvalue weighted by molar-refractivity contribution is -0.143. The smallest absolute Gasteiger partial charge is 0.309 e. The number of pyridine rings is 1. The van der Waals surface area contributed by atoms with Gasteiger partial charge in [0.2, 0.25) is 11.8 Å². The van der Waals surface area contributed by atoms with E-state index in [-0.39, 0.29) is 29.2 Å². The minimum Gasteiger partial charge on any atom is -0.494 e. The van der Waals surface area contributed by atoms with Crippen molar-refractivity contribution >= 4 is 40.1 Å². The summed E-state index contributed by atoms with van der Waals surface area (Å²) in [7, 11) is 5.96. The van der Waals surface area contributed by atoms with Crippen LogP contribution in [0.25, 0.3) is 16.5 Å². The highest BCUT2D eigenvalue weighted by Gasteiger charge is 2.49. The number of ether oxygens (including phenoxy) is 2. The quantitative estimate of drug-likeness (QED) is 0.248. The Kier molecular flexibility index (Phi) is 5.44. The molecule has 0 radical (unpaired) electrons. The number of aryl methyl sites for hydroxylation is 1. The SMILES string of the molecule is CN/C(O)=C(\C(=N)OC)c1cc2cc(NC(=O)C3C[C@@H]3C(=O)OC)ncc2n1C. The summed E-state index contributed by atoms with van der Waals surface area (Å²) in [6.45, 7) is 0. The lowest BCUT2D eigenvalue weighted by atomic mass is 10.1. The zero-order valence-corrected chi connectivity index (χ0v) is 16.6. The first-order valence-electron chi connectivity index (χ1n) is 8.90. The van der Waals surface area contributed by atoms with E-state index < -0.39 is 11.8 Å². The van der Waals surface area contributed by atoms with Gasteiger partial charge in [-0.05, 0) is 18.6 Å². The van der Waals surface area contributed by atoms with Crippen LogP contribution in [0, 0.1) is 17.2 Å². The highest BCUT2D eigenvalue weighted by Crippen LogP contribution is 2.40.